The predicted molar refractivity (Wildman–Crippen MR) is 75.1 cm³/mol. The minimum Gasteiger partial charge on any atom is -0.306 e. The number of hydrogen-bond donors (Lipinski definition) is 0. The van der Waals surface area contributed by atoms with E-state index in [2.05, 4.69) is 37.0 Å². The molecule has 0 spiro atoms. The molecule has 0 aliphatic heterocycles. The van der Waals surface area contributed by atoms with E-state index in [0.717, 1.165) is 11.3 Å². The standard InChI is InChI=1S/C15H13ClN2/c1-10-3-4-13(11(2)7-10)14-9-18-6-5-12(16)8-15(18)17-14/h3-9H,1-2H3. The van der Waals surface area contributed by atoms with Gasteiger partial charge in [-0.15, -0.1) is 0 Å². The minimum absolute atomic E-state index is 0.709. The number of rotatable bonds is 1. The number of aromatic nitrogens is 2. The van der Waals surface area contributed by atoms with E-state index < -0.39 is 0 Å². The zero-order valence-corrected chi connectivity index (χ0v) is 11.1. The predicted octanol–water partition coefficient (Wildman–Crippen LogP) is 4.27. The molecule has 0 N–H and O–H groups in total. The van der Waals surface area contributed by atoms with Crippen LogP contribution in [-0.2, 0) is 0 Å². The van der Waals surface area contributed by atoms with E-state index in [0.29, 0.717) is 5.02 Å². The second-order valence-corrected chi connectivity index (χ2v) is 4.99. The Bertz CT molecular complexity index is 728. The van der Waals surface area contributed by atoms with Gasteiger partial charge in [-0.1, -0.05) is 35.4 Å². The van der Waals surface area contributed by atoms with Crippen molar-refractivity contribution in [1.82, 2.24) is 9.38 Å². The zero-order valence-electron chi connectivity index (χ0n) is 10.3. The first-order chi connectivity index (χ1) is 8.63. The van der Waals surface area contributed by atoms with Gasteiger partial charge in [0.05, 0.1) is 5.69 Å². The van der Waals surface area contributed by atoms with Crippen LogP contribution in [0.2, 0.25) is 5.02 Å². The Hall–Kier alpha value is -1.80. The SMILES string of the molecule is Cc1ccc(-c2cn3ccc(Cl)cc3n2)c(C)c1. The van der Waals surface area contributed by atoms with Gasteiger partial charge in [0.25, 0.3) is 0 Å². The van der Waals surface area contributed by atoms with Crippen molar-refractivity contribution in [2.75, 3.05) is 0 Å². The van der Waals surface area contributed by atoms with Crippen LogP contribution in [0.4, 0.5) is 0 Å². The molecule has 0 amide bonds. The van der Waals surface area contributed by atoms with Gasteiger partial charge >= 0.3 is 0 Å². The van der Waals surface area contributed by atoms with E-state index in [1.165, 1.54) is 16.7 Å². The van der Waals surface area contributed by atoms with Crippen molar-refractivity contribution < 1.29 is 0 Å². The Morgan fingerprint density at radius 3 is 2.72 bits per heavy atom. The van der Waals surface area contributed by atoms with Crippen molar-refractivity contribution >= 4 is 17.2 Å². The summed E-state index contributed by atoms with van der Waals surface area (Å²) in [5, 5.41) is 0.709. The smallest absolute Gasteiger partial charge is 0.138 e. The van der Waals surface area contributed by atoms with Gasteiger partial charge in [0.2, 0.25) is 0 Å². The summed E-state index contributed by atoms with van der Waals surface area (Å²) < 4.78 is 1.99. The first-order valence-corrected chi connectivity index (χ1v) is 6.23. The number of pyridine rings is 1. The third-order valence-corrected chi connectivity index (χ3v) is 3.32. The van der Waals surface area contributed by atoms with E-state index in [1.807, 2.05) is 28.9 Å². The molecule has 3 aromatic rings. The van der Waals surface area contributed by atoms with Crippen LogP contribution >= 0.6 is 11.6 Å². The van der Waals surface area contributed by atoms with Crippen LogP contribution in [0, 0.1) is 13.8 Å². The highest BCUT2D eigenvalue weighted by atomic mass is 35.5. The number of imidazole rings is 1. The molecule has 0 radical (unpaired) electrons. The van der Waals surface area contributed by atoms with E-state index >= 15 is 0 Å². The molecule has 2 heterocycles. The molecule has 0 fully saturated rings. The molecule has 0 aliphatic rings. The largest absolute Gasteiger partial charge is 0.306 e. The van der Waals surface area contributed by atoms with E-state index in [9.17, 15) is 0 Å². The molecule has 0 saturated carbocycles. The molecule has 0 bridgehead atoms. The third kappa shape index (κ3) is 1.89. The molecule has 2 nitrogen and oxygen atoms in total. The van der Waals surface area contributed by atoms with Gasteiger partial charge in [-0.2, -0.15) is 0 Å². The fourth-order valence-electron chi connectivity index (χ4n) is 2.19. The minimum atomic E-state index is 0.709. The summed E-state index contributed by atoms with van der Waals surface area (Å²) in [6.07, 6.45) is 3.96. The average molecular weight is 257 g/mol. The summed E-state index contributed by atoms with van der Waals surface area (Å²) in [6, 6.07) is 10.1. The maximum Gasteiger partial charge on any atom is 0.138 e. The van der Waals surface area contributed by atoms with Gasteiger partial charge in [-0.05, 0) is 25.5 Å². The van der Waals surface area contributed by atoms with Crippen LogP contribution < -0.4 is 0 Å². The number of fused-ring (bicyclic) bond motifs is 1. The van der Waals surface area contributed by atoms with Crippen LogP contribution in [-0.4, -0.2) is 9.38 Å². The summed E-state index contributed by atoms with van der Waals surface area (Å²) in [6.45, 7) is 4.21. The highest BCUT2D eigenvalue weighted by Gasteiger charge is 2.07. The monoisotopic (exact) mass is 256 g/mol. The van der Waals surface area contributed by atoms with Gasteiger partial charge in [-0.25, -0.2) is 4.98 Å². The van der Waals surface area contributed by atoms with Crippen molar-refractivity contribution in [3.05, 3.63) is 58.9 Å². The van der Waals surface area contributed by atoms with Crippen LogP contribution in [0.25, 0.3) is 16.9 Å². The van der Waals surface area contributed by atoms with Gasteiger partial charge in [0.15, 0.2) is 0 Å². The molecule has 90 valence electrons. The second-order valence-electron chi connectivity index (χ2n) is 4.55. The fraction of sp³-hybridized carbons (Fsp3) is 0.133. The van der Waals surface area contributed by atoms with E-state index in [1.54, 1.807) is 0 Å². The Balaban J connectivity index is 2.19. The number of benzene rings is 1. The number of halogens is 1. The number of hydrogen-bond acceptors (Lipinski definition) is 1. The lowest BCUT2D eigenvalue weighted by molar-refractivity contribution is 1.19. The van der Waals surface area contributed by atoms with Gasteiger partial charge in [-0.3, -0.25) is 0 Å². The Kier molecular flexibility index (Phi) is 2.60. The summed E-state index contributed by atoms with van der Waals surface area (Å²) in [7, 11) is 0. The Morgan fingerprint density at radius 1 is 1.11 bits per heavy atom. The summed E-state index contributed by atoms with van der Waals surface area (Å²) >= 11 is 5.97. The van der Waals surface area contributed by atoms with Crippen molar-refractivity contribution in [1.29, 1.82) is 0 Å². The van der Waals surface area contributed by atoms with Crippen LogP contribution in [0.3, 0.4) is 0 Å². The average Bonchev–Trinajstić information content (AvgIpc) is 2.71. The maximum absolute atomic E-state index is 5.97. The zero-order chi connectivity index (χ0) is 12.7. The van der Waals surface area contributed by atoms with Crippen molar-refractivity contribution in [2.24, 2.45) is 0 Å². The number of aryl methyl sites for hydroxylation is 2. The molecule has 1 aromatic carbocycles. The summed E-state index contributed by atoms with van der Waals surface area (Å²) in [4.78, 5) is 4.61. The lowest BCUT2D eigenvalue weighted by atomic mass is 10.0. The topological polar surface area (TPSA) is 17.3 Å². The maximum atomic E-state index is 5.97. The van der Waals surface area contributed by atoms with Crippen LogP contribution in [0.15, 0.2) is 42.7 Å². The third-order valence-electron chi connectivity index (χ3n) is 3.08. The van der Waals surface area contributed by atoms with Crippen molar-refractivity contribution in [3.8, 4) is 11.3 Å². The quantitative estimate of drug-likeness (QED) is 0.636. The first kappa shape index (κ1) is 11.3. The highest BCUT2D eigenvalue weighted by Crippen LogP contribution is 2.24. The molecule has 2 aromatic heterocycles. The molecule has 0 saturated heterocycles. The van der Waals surface area contributed by atoms with Crippen molar-refractivity contribution in [2.45, 2.75) is 13.8 Å². The van der Waals surface area contributed by atoms with E-state index in [4.69, 9.17) is 11.6 Å². The molecular formula is C15H13ClN2. The molecule has 0 atom stereocenters. The second kappa shape index (κ2) is 4.14. The first-order valence-electron chi connectivity index (χ1n) is 5.85. The van der Waals surface area contributed by atoms with Gasteiger partial charge in [0.1, 0.15) is 5.65 Å². The van der Waals surface area contributed by atoms with Crippen LogP contribution in [0.1, 0.15) is 11.1 Å². The molecule has 18 heavy (non-hydrogen) atoms. The van der Waals surface area contributed by atoms with Crippen molar-refractivity contribution in [3.63, 3.8) is 0 Å². The molecule has 3 rings (SSSR count). The summed E-state index contributed by atoms with van der Waals surface area (Å²) in [5.41, 5.74) is 5.53. The number of nitrogens with zero attached hydrogens (tertiary/aromatic N) is 2. The highest BCUT2D eigenvalue weighted by molar-refractivity contribution is 6.30. The van der Waals surface area contributed by atoms with Crippen LogP contribution in [0.5, 0.6) is 0 Å². The Morgan fingerprint density at radius 2 is 1.94 bits per heavy atom. The van der Waals surface area contributed by atoms with E-state index in [-0.39, 0.29) is 0 Å². The normalized spacial score (nSPS) is 11.1. The van der Waals surface area contributed by atoms with Gasteiger partial charge < -0.3 is 4.40 Å². The molecule has 0 unspecified atom stereocenters. The lowest BCUT2D eigenvalue weighted by Gasteiger charge is -2.02. The lowest BCUT2D eigenvalue weighted by Crippen LogP contribution is -1.84. The van der Waals surface area contributed by atoms with Gasteiger partial charge in [0, 0.05) is 29.0 Å². The summed E-state index contributed by atoms with van der Waals surface area (Å²) in [5.74, 6) is 0. The fourth-order valence-corrected chi connectivity index (χ4v) is 2.34. The molecular weight excluding hydrogens is 244 g/mol. The molecule has 3 heteroatoms. The Labute approximate surface area is 111 Å². The molecule has 0 aliphatic carbocycles.